The fourth-order valence-corrected chi connectivity index (χ4v) is 3.21. The second-order valence-electron chi connectivity index (χ2n) is 6.51. The van der Waals surface area contributed by atoms with Gasteiger partial charge in [-0.2, -0.15) is 0 Å². The molecule has 2 aromatic carbocycles. The molecule has 1 aromatic heterocycles. The standard InChI is InChI=1S/C21H19N3O3/c1-15-3-2-4-17(13-15)20-14-23(18-9-11-27-12-10-18)21(22-20)16-5-7-19(8-6-16)24(25)26/h2-9,13-14H,10-12H2,1H3. The van der Waals surface area contributed by atoms with Crippen molar-refractivity contribution in [2.45, 2.75) is 13.3 Å². The first kappa shape index (κ1) is 17.2. The summed E-state index contributed by atoms with van der Waals surface area (Å²) < 4.78 is 7.50. The van der Waals surface area contributed by atoms with Crippen LogP contribution in [0.15, 0.2) is 60.8 Å². The van der Waals surface area contributed by atoms with Crippen LogP contribution >= 0.6 is 0 Å². The first-order chi connectivity index (χ1) is 13.1. The molecule has 0 saturated carbocycles. The number of non-ortho nitro benzene ring substituents is 1. The van der Waals surface area contributed by atoms with Gasteiger partial charge in [-0.3, -0.25) is 10.1 Å². The molecule has 0 aliphatic carbocycles. The largest absolute Gasteiger partial charge is 0.377 e. The van der Waals surface area contributed by atoms with E-state index in [2.05, 4.69) is 29.7 Å². The van der Waals surface area contributed by atoms with E-state index in [0.29, 0.717) is 13.2 Å². The van der Waals surface area contributed by atoms with E-state index >= 15 is 0 Å². The van der Waals surface area contributed by atoms with E-state index < -0.39 is 4.92 Å². The fraction of sp³-hybridized carbons (Fsp3) is 0.190. The zero-order valence-electron chi connectivity index (χ0n) is 15.0. The lowest BCUT2D eigenvalue weighted by atomic mass is 10.1. The lowest BCUT2D eigenvalue weighted by molar-refractivity contribution is -0.384. The van der Waals surface area contributed by atoms with Crippen molar-refractivity contribution in [1.82, 2.24) is 9.55 Å². The molecule has 1 aliphatic heterocycles. The maximum Gasteiger partial charge on any atom is 0.269 e. The molecule has 0 fully saturated rings. The Morgan fingerprint density at radius 3 is 2.63 bits per heavy atom. The van der Waals surface area contributed by atoms with Crippen molar-refractivity contribution < 1.29 is 9.66 Å². The smallest absolute Gasteiger partial charge is 0.269 e. The van der Waals surface area contributed by atoms with E-state index in [1.54, 1.807) is 12.1 Å². The van der Waals surface area contributed by atoms with Crippen LogP contribution in [0.5, 0.6) is 0 Å². The van der Waals surface area contributed by atoms with Crippen LogP contribution in [-0.4, -0.2) is 27.7 Å². The Labute approximate surface area is 156 Å². The molecule has 2 heterocycles. The van der Waals surface area contributed by atoms with Crippen LogP contribution in [0.2, 0.25) is 0 Å². The highest BCUT2D eigenvalue weighted by molar-refractivity contribution is 5.70. The molecule has 0 N–H and O–H groups in total. The first-order valence-electron chi connectivity index (χ1n) is 8.80. The minimum Gasteiger partial charge on any atom is -0.377 e. The van der Waals surface area contributed by atoms with E-state index in [-0.39, 0.29) is 5.69 Å². The molecule has 27 heavy (non-hydrogen) atoms. The minimum absolute atomic E-state index is 0.0704. The van der Waals surface area contributed by atoms with Gasteiger partial charge in [0, 0.05) is 41.6 Å². The van der Waals surface area contributed by atoms with Gasteiger partial charge < -0.3 is 9.30 Å². The van der Waals surface area contributed by atoms with Crippen LogP contribution in [0.4, 0.5) is 5.69 Å². The molecule has 6 heteroatoms. The second-order valence-corrected chi connectivity index (χ2v) is 6.51. The van der Waals surface area contributed by atoms with Gasteiger partial charge in [0.25, 0.3) is 5.69 Å². The fourth-order valence-electron chi connectivity index (χ4n) is 3.21. The number of aromatic nitrogens is 2. The van der Waals surface area contributed by atoms with Crippen molar-refractivity contribution in [3.8, 4) is 22.6 Å². The summed E-state index contributed by atoms with van der Waals surface area (Å²) in [7, 11) is 0. The number of nitro groups is 1. The van der Waals surface area contributed by atoms with E-state index in [4.69, 9.17) is 9.72 Å². The van der Waals surface area contributed by atoms with E-state index in [1.807, 2.05) is 18.3 Å². The van der Waals surface area contributed by atoms with E-state index in [9.17, 15) is 10.1 Å². The lowest BCUT2D eigenvalue weighted by Crippen LogP contribution is -2.09. The third-order valence-electron chi connectivity index (χ3n) is 4.60. The summed E-state index contributed by atoms with van der Waals surface area (Å²) in [6.45, 7) is 3.30. The predicted octanol–water partition coefficient (Wildman–Crippen LogP) is 4.69. The molecule has 0 unspecified atom stereocenters. The summed E-state index contributed by atoms with van der Waals surface area (Å²) in [6.07, 6.45) is 4.88. The number of hydrogen-bond donors (Lipinski definition) is 0. The molecule has 6 nitrogen and oxygen atoms in total. The normalized spacial score (nSPS) is 14.0. The first-order valence-corrected chi connectivity index (χ1v) is 8.80. The van der Waals surface area contributed by atoms with Crippen LogP contribution in [0.1, 0.15) is 12.0 Å². The van der Waals surface area contributed by atoms with Gasteiger partial charge in [-0.25, -0.2) is 4.98 Å². The molecule has 0 saturated heterocycles. The summed E-state index contributed by atoms with van der Waals surface area (Å²) in [6, 6.07) is 14.7. The molecule has 0 spiro atoms. The second kappa shape index (κ2) is 7.17. The van der Waals surface area contributed by atoms with Gasteiger partial charge in [0.2, 0.25) is 0 Å². The van der Waals surface area contributed by atoms with Gasteiger partial charge >= 0.3 is 0 Å². The molecule has 136 valence electrons. The summed E-state index contributed by atoms with van der Waals surface area (Å²) in [5.74, 6) is 0.773. The number of aryl methyl sites for hydroxylation is 1. The SMILES string of the molecule is Cc1cccc(-c2cn(C3=CCOCC3)c(-c3ccc([N+](=O)[O-])cc3)n2)c1. The Morgan fingerprint density at radius 1 is 1.15 bits per heavy atom. The Morgan fingerprint density at radius 2 is 1.96 bits per heavy atom. The van der Waals surface area contributed by atoms with Crippen LogP contribution in [0.25, 0.3) is 28.3 Å². The molecule has 0 atom stereocenters. The topological polar surface area (TPSA) is 70.2 Å². The zero-order chi connectivity index (χ0) is 18.8. The third kappa shape index (κ3) is 3.52. The van der Waals surface area contributed by atoms with Gasteiger partial charge in [-0.1, -0.05) is 23.8 Å². The Bertz CT molecular complexity index is 1020. The van der Waals surface area contributed by atoms with Crippen molar-refractivity contribution in [1.29, 1.82) is 0 Å². The molecule has 0 amide bonds. The summed E-state index contributed by atoms with van der Waals surface area (Å²) in [5, 5.41) is 10.9. The maximum absolute atomic E-state index is 10.9. The van der Waals surface area contributed by atoms with E-state index in [0.717, 1.165) is 34.8 Å². The molecule has 0 radical (unpaired) electrons. The predicted molar refractivity (Wildman–Crippen MR) is 104 cm³/mol. The van der Waals surface area contributed by atoms with Crippen molar-refractivity contribution >= 4 is 11.4 Å². The molecule has 4 rings (SSSR count). The average molecular weight is 361 g/mol. The Hall–Kier alpha value is -3.25. The summed E-state index contributed by atoms with van der Waals surface area (Å²) in [4.78, 5) is 15.4. The van der Waals surface area contributed by atoms with Gasteiger partial charge in [-0.15, -0.1) is 0 Å². The number of benzene rings is 2. The number of hydrogen-bond acceptors (Lipinski definition) is 4. The monoisotopic (exact) mass is 361 g/mol. The third-order valence-corrected chi connectivity index (χ3v) is 4.60. The van der Waals surface area contributed by atoms with Crippen molar-refractivity contribution in [3.63, 3.8) is 0 Å². The van der Waals surface area contributed by atoms with Crippen molar-refractivity contribution in [2.24, 2.45) is 0 Å². The summed E-state index contributed by atoms with van der Waals surface area (Å²) >= 11 is 0. The highest BCUT2D eigenvalue weighted by atomic mass is 16.6. The van der Waals surface area contributed by atoms with Gasteiger partial charge in [0.05, 0.1) is 23.8 Å². The minimum atomic E-state index is -0.393. The van der Waals surface area contributed by atoms with Crippen molar-refractivity contribution in [3.05, 3.63) is 76.5 Å². The van der Waals surface area contributed by atoms with Crippen LogP contribution < -0.4 is 0 Å². The van der Waals surface area contributed by atoms with Gasteiger partial charge in [-0.05, 0) is 31.2 Å². The number of imidazole rings is 1. The number of nitrogens with zero attached hydrogens (tertiary/aromatic N) is 3. The number of rotatable bonds is 4. The maximum atomic E-state index is 10.9. The quantitative estimate of drug-likeness (QED) is 0.499. The molecule has 1 aliphatic rings. The molecular formula is C21H19N3O3. The highest BCUT2D eigenvalue weighted by Gasteiger charge is 2.17. The van der Waals surface area contributed by atoms with Gasteiger partial charge in [0.1, 0.15) is 5.82 Å². The van der Waals surface area contributed by atoms with Crippen LogP contribution in [0.3, 0.4) is 0 Å². The average Bonchev–Trinajstić information content (AvgIpc) is 3.14. The van der Waals surface area contributed by atoms with Crippen LogP contribution in [-0.2, 0) is 4.74 Å². The molecule has 3 aromatic rings. The lowest BCUT2D eigenvalue weighted by Gasteiger charge is -2.16. The highest BCUT2D eigenvalue weighted by Crippen LogP contribution is 2.30. The Kier molecular flexibility index (Phi) is 4.56. The van der Waals surface area contributed by atoms with E-state index in [1.165, 1.54) is 17.7 Å². The molecular weight excluding hydrogens is 342 g/mol. The van der Waals surface area contributed by atoms with Crippen LogP contribution in [0, 0.1) is 17.0 Å². The Balaban J connectivity index is 1.83. The number of ether oxygens (including phenoxy) is 1. The summed E-state index contributed by atoms with van der Waals surface area (Å²) in [5.41, 5.74) is 5.13. The zero-order valence-corrected chi connectivity index (χ0v) is 15.0. The van der Waals surface area contributed by atoms with Gasteiger partial charge in [0.15, 0.2) is 0 Å². The molecule has 0 bridgehead atoms. The number of nitro benzene ring substituents is 1. The van der Waals surface area contributed by atoms with Crippen molar-refractivity contribution in [2.75, 3.05) is 13.2 Å².